The molecule has 1 saturated carbocycles. The maximum Gasteiger partial charge on any atom is 0.348 e. The van der Waals surface area contributed by atoms with Crippen LogP contribution in [0.25, 0.3) is 0 Å². The van der Waals surface area contributed by atoms with Crippen LogP contribution in [0.1, 0.15) is 63.0 Å². The van der Waals surface area contributed by atoms with Crippen molar-refractivity contribution in [2.45, 2.75) is 62.3 Å². The predicted molar refractivity (Wildman–Crippen MR) is 196 cm³/mol. The first kappa shape index (κ1) is 35.7. The molecule has 2 atom stereocenters. The van der Waals surface area contributed by atoms with Gasteiger partial charge in [-0.3, -0.25) is 9.69 Å². The van der Waals surface area contributed by atoms with E-state index in [4.69, 9.17) is 42.1 Å². The second-order valence-electron chi connectivity index (χ2n) is 13.6. The molecular formula is C39H42Cl2N3O6S+. The van der Waals surface area contributed by atoms with Crippen molar-refractivity contribution in [2.75, 3.05) is 33.9 Å². The summed E-state index contributed by atoms with van der Waals surface area (Å²) in [7, 11) is 3.12. The molecule has 3 saturated heterocycles. The third-order valence-corrected chi connectivity index (χ3v) is 12.3. The monoisotopic (exact) mass is 750 g/mol. The zero-order valence-corrected chi connectivity index (χ0v) is 31.0. The van der Waals surface area contributed by atoms with Gasteiger partial charge in [0.25, 0.3) is 0 Å². The Labute approximate surface area is 312 Å². The molecule has 268 valence electrons. The number of aromatic amines is 1. The van der Waals surface area contributed by atoms with Gasteiger partial charge in [-0.2, -0.15) is 0 Å². The van der Waals surface area contributed by atoms with Gasteiger partial charge in [0, 0.05) is 36.0 Å². The highest BCUT2D eigenvalue weighted by Gasteiger charge is 2.53. The van der Waals surface area contributed by atoms with E-state index in [9.17, 15) is 9.59 Å². The summed E-state index contributed by atoms with van der Waals surface area (Å²) in [4.78, 5) is 34.2. The molecule has 0 radical (unpaired) electrons. The van der Waals surface area contributed by atoms with Crippen LogP contribution >= 0.6 is 34.5 Å². The van der Waals surface area contributed by atoms with E-state index < -0.39 is 17.5 Å². The summed E-state index contributed by atoms with van der Waals surface area (Å²) in [6.07, 6.45) is 6.32. The molecule has 2 N–H and O–H groups in total. The fraction of sp³-hybridized carbons (Fsp3) is 0.410. The number of ether oxygens (including phenoxy) is 4. The van der Waals surface area contributed by atoms with Gasteiger partial charge in [-0.25, -0.2) is 9.78 Å². The summed E-state index contributed by atoms with van der Waals surface area (Å²) < 4.78 is 23.3. The number of thiophene rings is 1. The first-order valence-corrected chi connectivity index (χ1v) is 18.9. The SMILES string of the molecule is COc1ccc([C@H](Cc2c(Cl)c[nH+]cc2Cl)OC(=O)c2ccc(CNC3CC(C(=O)O[C@H]4CN5CCC4CC5)(c4ccccc4)C3)s2)cc1OC. The molecule has 3 aliphatic heterocycles. The van der Waals surface area contributed by atoms with E-state index >= 15 is 0 Å². The fourth-order valence-electron chi connectivity index (χ4n) is 7.65. The molecule has 8 rings (SSSR count). The van der Waals surface area contributed by atoms with Gasteiger partial charge in [-0.05, 0) is 80.1 Å². The average molecular weight is 752 g/mol. The van der Waals surface area contributed by atoms with Gasteiger partial charge in [0.1, 0.15) is 27.1 Å². The number of methoxy groups -OCH3 is 2. The van der Waals surface area contributed by atoms with Crippen LogP contribution in [-0.2, 0) is 32.6 Å². The minimum Gasteiger partial charge on any atom is -0.493 e. The minimum absolute atomic E-state index is 0.0246. The molecule has 5 heterocycles. The number of benzene rings is 2. The Hall–Kier alpha value is -3.67. The smallest absolute Gasteiger partial charge is 0.348 e. The maximum atomic E-state index is 13.9. The van der Waals surface area contributed by atoms with Gasteiger partial charge in [0.2, 0.25) is 0 Å². The first-order valence-electron chi connectivity index (χ1n) is 17.3. The Kier molecular flexibility index (Phi) is 10.9. The van der Waals surface area contributed by atoms with Gasteiger partial charge in [0.05, 0.1) is 19.6 Å². The highest BCUT2D eigenvalue weighted by molar-refractivity contribution is 7.13. The Balaban J connectivity index is 1.01. The molecule has 4 aliphatic rings. The third kappa shape index (κ3) is 7.62. The number of halogens is 2. The molecule has 0 spiro atoms. The van der Waals surface area contributed by atoms with Crippen molar-refractivity contribution in [1.29, 1.82) is 0 Å². The lowest BCUT2D eigenvalue weighted by atomic mass is 9.61. The van der Waals surface area contributed by atoms with Gasteiger partial charge < -0.3 is 24.3 Å². The number of nitrogens with one attached hydrogen (secondary N) is 2. The maximum absolute atomic E-state index is 13.9. The minimum atomic E-state index is -0.708. The van der Waals surface area contributed by atoms with Crippen LogP contribution in [0, 0.1) is 5.92 Å². The summed E-state index contributed by atoms with van der Waals surface area (Å²) in [5.74, 6) is 0.974. The van der Waals surface area contributed by atoms with Crippen molar-refractivity contribution in [3.8, 4) is 11.5 Å². The number of hydrogen-bond donors (Lipinski definition) is 1. The van der Waals surface area contributed by atoms with Crippen molar-refractivity contribution < 1.29 is 33.5 Å². The fourth-order valence-corrected chi connectivity index (χ4v) is 9.02. The largest absolute Gasteiger partial charge is 0.493 e. The Morgan fingerprint density at radius 3 is 2.37 bits per heavy atom. The molecule has 2 aromatic carbocycles. The number of H-pyrrole nitrogens is 1. The standard InChI is InChI=1S/C39H41Cl2N3O6S/c1-47-32-10-8-25(16-34(32)48-2)33(17-29-30(40)21-42-22-31(29)41)49-37(45)36-11-9-28(51-36)20-43-27-18-39(19-27,26-6-4-3-5-7-26)38(46)50-35-23-44-14-12-24(35)13-15-44/h3-11,16,21-22,24,27,33,35,43H,12-15,17-20,23H2,1-2H3/p+1/t27?,33-,35-,39?/m0/s1. The number of rotatable bonds is 13. The zero-order valence-electron chi connectivity index (χ0n) is 28.7. The summed E-state index contributed by atoms with van der Waals surface area (Å²) in [6, 6.07) is 19.3. The molecule has 2 aromatic heterocycles. The van der Waals surface area contributed by atoms with E-state index in [2.05, 4.69) is 15.2 Å². The van der Waals surface area contributed by atoms with E-state index in [1.165, 1.54) is 11.3 Å². The number of carbonyl (C=O) groups is 2. The Bertz CT molecular complexity index is 1840. The number of fused-ring (bicyclic) bond motifs is 3. The topological polar surface area (TPSA) is 100 Å². The normalized spacial score (nSPS) is 24.3. The molecule has 1 aliphatic carbocycles. The lowest BCUT2D eigenvalue weighted by Gasteiger charge is -2.49. The molecule has 12 heteroatoms. The number of esters is 2. The van der Waals surface area contributed by atoms with E-state index in [0.717, 1.165) is 42.9 Å². The Morgan fingerprint density at radius 1 is 0.980 bits per heavy atom. The highest BCUT2D eigenvalue weighted by atomic mass is 35.5. The van der Waals surface area contributed by atoms with E-state index in [1.807, 2.05) is 42.5 Å². The number of aromatic nitrogens is 1. The molecule has 0 unspecified atom stereocenters. The van der Waals surface area contributed by atoms with Crippen molar-refractivity contribution in [1.82, 2.24) is 10.2 Å². The van der Waals surface area contributed by atoms with Crippen LogP contribution in [0.5, 0.6) is 11.5 Å². The lowest BCUT2D eigenvalue weighted by Crippen LogP contribution is -2.59. The molecular weight excluding hydrogens is 709 g/mol. The summed E-state index contributed by atoms with van der Waals surface area (Å²) in [5.41, 5.74) is 1.71. The number of hydrogen-bond acceptors (Lipinski definition) is 9. The van der Waals surface area contributed by atoms with Crippen molar-refractivity contribution in [3.63, 3.8) is 0 Å². The number of piperidine rings is 3. The highest BCUT2D eigenvalue weighted by Crippen LogP contribution is 2.46. The molecule has 2 bridgehead atoms. The van der Waals surface area contributed by atoms with Crippen molar-refractivity contribution in [2.24, 2.45) is 5.92 Å². The third-order valence-electron chi connectivity index (χ3n) is 10.6. The summed E-state index contributed by atoms with van der Waals surface area (Å²) >= 11 is 14.4. The van der Waals surface area contributed by atoms with E-state index in [0.29, 0.717) is 62.9 Å². The average Bonchev–Trinajstić information content (AvgIpc) is 3.62. The summed E-state index contributed by atoms with van der Waals surface area (Å²) in [6.45, 7) is 3.61. The van der Waals surface area contributed by atoms with Gasteiger partial charge in [-0.15, -0.1) is 11.3 Å². The second kappa shape index (κ2) is 15.5. The number of nitrogens with zero attached hydrogens (tertiary/aromatic N) is 1. The van der Waals surface area contributed by atoms with Crippen molar-refractivity contribution >= 4 is 46.5 Å². The lowest BCUT2D eigenvalue weighted by molar-refractivity contribution is -0.377. The van der Waals surface area contributed by atoms with Gasteiger partial charge >= 0.3 is 11.9 Å². The molecule has 4 fully saturated rings. The van der Waals surface area contributed by atoms with Crippen LogP contribution < -0.4 is 19.8 Å². The van der Waals surface area contributed by atoms with Gasteiger partial charge in [-0.1, -0.05) is 59.6 Å². The zero-order chi connectivity index (χ0) is 35.5. The Morgan fingerprint density at radius 2 is 1.71 bits per heavy atom. The number of pyridine rings is 1. The van der Waals surface area contributed by atoms with Crippen LogP contribution in [0.15, 0.2) is 73.1 Å². The van der Waals surface area contributed by atoms with Crippen LogP contribution in [0.2, 0.25) is 10.0 Å². The number of carbonyl (C=O) groups excluding carboxylic acids is 2. The second-order valence-corrected chi connectivity index (χ2v) is 15.6. The van der Waals surface area contributed by atoms with Crippen molar-refractivity contribution in [3.05, 3.63) is 110 Å². The molecule has 9 nitrogen and oxygen atoms in total. The quantitative estimate of drug-likeness (QED) is 0.148. The van der Waals surface area contributed by atoms with E-state index in [-0.39, 0.29) is 24.5 Å². The summed E-state index contributed by atoms with van der Waals surface area (Å²) in [5, 5.41) is 4.49. The molecule has 4 aromatic rings. The van der Waals surface area contributed by atoms with Crippen LogP contribution in [0.4, 0.5) is 0 Å². The molecule has 51 heavy (non-hydrogen) atoms. The molecule has 0 amide bonds. The van der Waals surface area contributed by atoms with Crippen LogP contribution in [-0.4, -0.2) is 62.8 Å². The van der Waals surface area contributed by atoms with Gasteiger partial charge in [0.15, 0.2) is 23.9 Å². The van der Waals surface area contributed by atoms with Crippen LogP contribution in [0.3, 0.4) is 0 Å². The van der Waals surface area contributed by atoms with E-state index in [1.54, 1.807) is 44.8 Å². The first-order chi connectivity index (χ1) is 24.8. The predicted octanol–water partition coefficient (Wildman–Crippen LogP) is 6.85.